The molecule has 6 nitrogen and oxygen atoms in total. The van der Waals surface area contributed by atoms with E-state index in [9.17, 15) is 19.8 Å². The van der Waals surface area contributed by atoms with Gasteiger partial charge in [-0.05, 0) is 60.6 Å². The van der Waals surface area contributed by atoms with Crippen molar-refractivity contribution in [1.29, 1.82) is 0 Å². The molecule has 0 fully saturated rings. The van der Waals surface area contributed by atoms with Gasteiger partial charge < -0.3 is 19.9 Å². The van der Waals surface area contributed by atoms with Crippen LogP contribution in [0, 0.1) is 12.8 Å². The molecular formula is C24H26ClNO5. The number of fused-ring (bicyclic) bond motifs is 1. The Labute approximate surface area is 185 Å². The van der Waals surface area contributed by atoms with E-state index in [1.54, 1.807) is 13.0 Å². The molecule has 7 heteroatoms. The third-order valence-corrected chi connectivity index (χ3v) is 5.88. The first kappa shape index (κ1) is 22.7. The van der Waals surface area contributed by atoms with Crippen LogP contribution in [0.2, 0.25) is 5.02 Å². The maximum atomic E-state index is 12.5. The van der Waals surface area contributed by atoms with Gasteiger partial charge in [0.1, 0.15) is 0 Å². The van der Waals surface area contributed by atoms with E-state index in [1.165, 1.54) is 11.6 Å². The summed E-state index contributed by atoms with van der Waals surface area (Å²) < 4.78 is 5.17. The number of benzene rings is 2. The highest BCUT2D eigenvalue weighted by atomic mass is 35.5. The molecule has 0 radical (unpaired) electrons. The van der Waals surface area contributed by atoms with Gasteiger partial charge in [0.25, 0.3) is 0 Å². The van der Waals surface area contributed by atoms with Gasteiger partial charge in [0.05, 0.1) is 12.0 Å². The first-order valence-corrected chi connectivity index (χ1v) is 10.6. The van der Waals surface area contributed by atoms with Crippen molar-refractivity contribution in [2.24, 2.45) is 5.92 Å². The number of phenols is 2. The highest BCUT2D eigenvalue weighted by molar-refractivity contribution is 6.30. The van der Waals surface area contributed by atoms with Crippen LogP contribution < -0.4 is 10.9 Å². The van der Waals surface area contributed by atoms with Gasteiger partial charge in [0.15, 0.2) is 11.3 Å². The van der Waals surface area contributed by atoms with E-state index in [2.05, 4.69) is 19.2 Å². The number of carbonyl (C=O) groups is 1. The van der Waals surface area contributed by atoms with Crippen LogP contribution in [-0.2, 0) is 11.2 Å². The number of amides is 1. The predicted molar refractivity (Wildman–Crippen MR) is 121 cm³/mol. The lowest BCUT2D eigenvalue weighted by molar-refractivity contribution is -0.120. The minimum absolute atomic E-state index is 0.0885. The van der Waals surface area contributed by atoms with Crippen molar-refractivity contribution in [1.82, 2.24) is 5.32 Å². The van der Waals surface area contributed by atoms with Gasteiger partial charge in [-0.15, -0.1) is 0 Å². The second kappa shape index (κ2) is 9.43. The number of phenolic OH excluding ortho intramolecular Hbond substituents is 2. The summed E-state index contributed by atoms with van der Waals surface area (Å²) in [6, 6.07) is 10.6. The fraction of sp³-hybridized carbons (Fsp3) is 0.333. The number of aryl methyl sites for hydroxylation is 1. The molecule has 1 amide bonds. The number of hydrogen-bond donors (Lipinski definition) is 3. The number of hydrogen-bond acceptors (Lipinski definition) is 5. The largest absolute Gasteiger partial charge is 0.504 e. The number of nitrogens with one attached hydrogen (secondary N) is 1. The number of carbonyl (C=O) groups excluding carboxylic acids is 1. The standard InChI is InChI=1S/C24H26ClNO5/c1-13(2)17(15-4-6-16(25)7-5-15)10-11-26-21(28)12-19-14(3)18-8-9-20(27)22(29)23(18)31-24(19)30/h4-9,13,17,27,29H,10-12H2,1-3H3,(H,26,28)/t17-/m1/s1. The molecular weight excluding hydrogens is 418 g/mol. The van der Waals surface area contributed by atoms with E-state index < -0.39 is 11.4 Å². The molecule has 0 aliphatic heterocycles. The van der Waals surface area contributed by atoms with Crippen LogP contribution in [0.15, 0.2) is 45.6 Å². The molecule has 1 aromatic heterocycles. The molecule has 0 saturated carbocycles. The molecule has 3 rings (SSSR count). The fourth-order valence-corrected chi connectivity index (χ4v) is 3.95. The Morgan fingerprint density at radius 2 is 1.81 bits per heavy atom. The lowest BCUT2D eigenvalue weighted by atomic mass is 9.86. The molecule has 1 heterocycles. The third kappa shape index (κ3) is 5.02. The second-order valence-electron chi connectivity index (χ2n) is 8.02. The van der Waals surface area contributed by atoms with E-state index in [0.717, 1.165) is 6.42 Å². The first-order valence-electron chi connectivity index (χ1n) is 10.2. The maximum Gasteiger partial charge on any atom is 0.340 e. The average molecular weight is 444 g/mol. The van der Waals surface area contributed by atoms with Gasteiger partial charge in [-0.25, -0.2) is 4.79 Å². The zero-order valence-corrected chi connectivity index (χ0v) is 18.5. The highest BCUT2D eigenvalue weighted by Crippen LogP contribution is 2.34. The van der Waals surface area contributed by atoms with Gasteiger partial charge in [-0.2, -0.15) is 0 Å². The van der Waals surface area contributed by atoms with Crippen molar-refractivity contribution in [2.45, 2.75) is 39.5 Å². The Kier molecular flexibility index (Phi) is 6.91. The lowest BCUT2D eigenvalue weighted by Crippen LogP contribution is -2.30. The van der Waals surface area contributed by atoms with E-state index >= 15 is 0 Å². The summed E-state index contributed by atoms with van der Waals surface area (Å²) in [5.41, 5.74) is 1.14. The van der Waals surface area contributed by atoms with E-state index in [0.29, 0.717) is 28.4 Å². The van der Waals surface area contributed by atoms with Crippen molar-refractivity contribution in [3.63, 3.8) is 0 Å². The van der Waals surface area contributed by atoms with Crippen LogP contribution in [0.5, 0.6) is 11.5 Å². The Hall–Kier alpha value is -2.99. The molecule has 31 heavy (non-hydrogen) atoms. The second-order valence-corrected chi connectivity index (χ2v) is 8.46. The molecule has 0 saturated heterocycles. The third-order valence-electron chi connectivity index (χ3n) is 5.63. The molecule has 1 atom stereocenters. The Balaban J connectivity index is 1.69. The fourth-order valence-electron chi connectivity index (χ4n) is 3.82. The molecule has 0 aliphatic carbocycles. The molecule has 0 unspecified atom stereocenters. The number of halogens is 1. The van der Waals surface area contributed by atoms with Crippen LogP contribution in [0.3, 0.4) is 0 Å². The molecule has 0 aliphatic rings. The van der Waals surface area contributed by atoms with Crippen LogP contribution in [0.1, 0.15) is 42.9 Å². The summed E-state index contributed by atoms with van der Waals surface area (Å²) in [4.78, 5) is 24.9. The molecule has 164 valence electrons. The Morgan fingerprint density at radius 3 is 2.45 bits per heavy atom. The Morgan fingerprint density at radius 1 is 1.13 bits per heavy atom. The van der Waals surface area contributed by atoms with Crippen LogP contribution in [0.4, 0.5) is 0 Å². The smallest absolute Gasteiger partial charge is 0.340 e. The zero-order chi connectivity index (χ0) is 22.7. The molecule has 0 spiro atoms. The van der Waals surface area contributed by atoms with Crippen LogP contribution in [0.25, 0.3) is 11.0 Å². The lowest BCUT2D eigenvalue weighted by Gasteiger charge is -2.21. The van der Waals surface area contributed by atoms with E-state index in [4.69, 9.17) is 16.0 Å². The number of rotatable bonds is 7. The molecule has 0 bridgehead atoms. The van der Waals surface area contributed by atoms with Crippen molar-refractivity contribution < 1.29 is 19.4 Å². The van der Waals surface area contributed by atoms with Gasteiger partial charge in [0, 0.05) is 17.0 Å². The summed E-state index contributed by atoms with van der Waals surface area (Å²) >= 11 is 5.98. The predicted octanol–water partition coefficient (Wildman–Crippen LogP) is 4.65. The first-order chi connectivity index (χ1) is 14.7. The van der Waals surface area contributed by atoms with Crippen molar-refractivity contribution in [2.75, 3.05) is 6.54 Å². The average Bonchev–Trinajstić information content (AvgIpc) is 2.72. The highest BCUT2D eigenvalue weighted by Gasteiger charge is 2.19. The maximum absolute atomic E-state index is 12.5. The van der Waals surface area contributed by atoms with Crippen molar-refractivity contribution in [3.05, 3.63) is 68.5 Å². The summed E-state index contributed by atoms with van der Waals surface area (Å²) in [7, 11) is 0. The quantitative estimate of drug-likeness (QED) is 0.364. The normalized spacial score (nSPS) is 12.3. The molecule has 3 N–H and O–H groups in total. The SMILES string of the molecule is Cc1c(CC(=O)NCC[C@@H](c2ccc(Cl)cc2)C(C)C)c(=O)oc2c(O)c(O)ccc12. The van der Waals surface area contributed by atoms with Crippen LogP contribution in [-0.4, -0.2) is 22.7 Å². The summed E-state index contributed by atoms with van der Waals surface area (Å²) in [6.45, 7) is 6.43. The van der Waals surface area contributed by atoms with Gasteiger partial charge in [0.2, 0.25) is 11.7 Å². The number of aromatic hydroxyl groups is 2. The minimum Gasteiger partial charge on any atom is -0.504 e. The van der Waals surface area contributed by atoms with Gasteiger partial charge in [-0.1, -0.05) is 37.6 Å². The molecule has 2 aromatic carbocycles. The van der Waals surface area contributed by atoms with E-state index in [-0.39, 0.29) is 35.1 Å². The summed E-state index contributed by atoms with van der Waals surface area (Å²) in [5, 5.41) is 23.6. The topological polar surface area (TPSA) is 99.8 Å². The monoisotopic (exact) mass is 443 g/mol. The van der Waals surface area contributed by atoms with Gasteiger partial charge in [-0.3, -0.25) is 4.79 Å². The molecule has 3 aromatic rings. The van der Waals surface area contributed by atoms with E-state index in [1.807, 2.05) is 24.3 Å². The summed E-state index contributed by atoms with van der Waals surface area (Å²) in [5.74, 6) is -0.495. The van der Waals surface area contributed by atoms with Gasteiger partial charge >= 0.3 is 5.63 Å². The minimum atomic E-state index is -0.706. The van der Waals surface area contributed by atoms with Crippen molar-refractivity contribution in [3.8, 4) is 11.5 Å². The zero-order valence-electron chi connectivity index (χ0n) is 17.7. The van der Waals surface area contributed by atoms with Crippen LogP contribution >= 0.6 is 11.6 Å². The summed E-state index contributed by atoms with van der Waals surface area (Å²) in [6.07, 6.45) is 0.628. The Bertz CT molecular complexity index is 1150. The van der Waals surface area contributed by atoms with Crippen molar-refractivity contribution >= 4 is 28.5 Å².